The van der Waals surface area contributed by atoms with Crippen molar-refractivity contribution in [2.75, 3.05) is 32.7 Å². The fourth-order valence-corrected chi connectivity index (χ4v) is 4.71. The number of hydrogen-bond acceptors (Lipinski definition) is 3. The highest BCUT2D eigenvalue weighted by atomic mass is 35.5. The van der Waals surface area contributed by atoms with Crippen LogP contribution in [-0.2, 0) is 25.2 Å². The van der Waals surface area contributed by atoms with E-state index in [1.165, 1.54) is 0 Å². The summed E-state index contributed by atoms with van der Waals surface area (Å²) in [6.45, 7) is 3.08. The lowest BCUT2D eigenvalue weighted by molar-refractivity contribution is -0.143. The van der Waals surface area contributed by atoms with Crippen molar-refractivity contribution in [2.45, 2.75) is 30.7 Å². The molecule has 12 heteroatoms. The molecule has 0 aromatic heterocycles. The minimum absolute atomic E-state index is 0. The molecule has 0 unspecified atom stereocenters. The number of nitrogens with zero attached hydrogens (tertiary/aromatic N) is 1. The van der Waals surface area contributed by atoms with Gasteiger partial charge < -0.3 is 10.6 Å². The van der Waals surface area contributed by atoms with Crippen LogP contribution in [0.25, 0.3) is 0 Å². The second-order valence-electron chi connectivity index (χ2n) is 8.56. The van der Waals surface area contributed by atoms with Gasteiger partial charge in [-0.3, -0.25) is 9.69 Å². The summed E-state index contributed by atoms with van der Waals surface area (Å²) in [5.41, 5.74) is -1.91. The molecule has 1 aliphatic carbocycles. The molecule has 4 nitrogen and oxygen atoms in total. The van der Waals surface area contributed by atoms with Crippen molar-refractivity contribution in [3.05, 3.63) is 70.3 Å². The Hall–Kier alpha value is -2.01. The number of alkyl halides is 6. The van der Waals surface area contributed by atoms with Gasteiger partial charge in [-0.15, -0.1) is 24.8 Å². The van der Waals surface area contributed by atoms with Crippen LogP contribution in [0.2, 0.25) is 0 Å². The van der Waals surface area contributed by atoms with Crippen LogP contribution in [-0.4, -0.2) is 49.1 Å². The zero-order valence-corrected chi connectivity index (χ0v) is 20.1. The van der Waals surface area contributed by atoms with Crippen LogP contribution in [0.15, 0.2) is 42.5 Å². The quantitative estimate of drug-likeness (QED) is 0.547. The largest absolute Gasteiger partial charge is 0.416 e. The number of rotatable bonds is 4. The van der Waals surface area contributed by atoms with Gasteiger partial charge in [0.25, 0.3) is 5.91 Å². The van der Waals surface area contributed by atoms with E-state index in [0.717, 1.165) is 37.3 Å². The number of nitrogens with one attached hydrogen (secondary N) is 2. The second kappa shape index (κ2) is 10.9. The molecule has 2 N–H and O–H groups in total. The smallest absolute Gasteiger partial charge is 0.350 e. The third-order valence-corrected chi connectivity index (χ3v) is 6.37. The van der Waals surface area contributed by atoms with Gasteiger partial charge in [0.2, 0.25) is 0 Å². The van der Waals surface area contributed by atoms with Crippen LogP contribution in [0.5, 0.6) is 0 Å². The Balaban J connectivity index is 0.00000216. The van der Waals surface area contributed by atoms with E-state index in [-0.39, 0.29) is 37.4 Å². The normalized spacial score (nSPS) is 17.7. The molecule has 1 saturated heterocycles. The van der Waals surface area contributed by atoms with Gasteiger partial charge in [0, 0.05) is 43.8 Å². The number of fused-ring (bicyclic) bond motifs is 1. The van der Waals surface area contributed by atoms with Crippen LogP contribution >= 0.6 is 24.8 Å². The van der Waals surface area contributed by atoms with E-state index < -0.39 is 40.5 Å². The van der Waals surface area contributed by atoms with Gasteiger partial charge in [-0.05, 0) is 42.2 Å². The predicted octanol–water partition coefficient (Wildman–Crippen LogP) is 4.74. The lowest BCUT2D eigenvalue weighted by Crippen LogP contribution is -2.61. The van der Waals surface area contributed by atoms with Crippen LogP contribution in [0.4, 0.5) is 26.3 Å². The maximum absolute atomic E-state index is 13.2. The van der Waals surface area contributed by atoms with E-state index in [0.29, 0.717) is 25.0 Å². The summed E-state index contributed by atoms with van der Waals surface area (Å²) in [5.74, 6) is -0.961. The first kappa shape index (κ1) is 29.2. The predicted molar refractivity (Wildman–Crippen MR) is 124 cm³/mol. The number of carbonyl (C=O) groups is 1. The summed E-state index contributed by atoms with van der Waals surface area (Å²) < 4.78 is 79.0. The average molecular weight is 544 g/mol. The standard InChI is InChI=1S/C23H23F6N3O.2ClH/c24-22(25,26)18-9-17(10-19(11-18)23(27,28)29)20(33)31-14-21(32-7-5-30-6-8-32)12-15-3-1-2-4-16(15)13-21;;/h1-4,9-11,30H,5-8,12-14H2,(H,31,33);2*1H. The molecule has 0 radical (unpaired) electrons. The maximum atomic E-state index is 13.2. The molecule has 1 aliphatic heterocycles. The first-order valence-corrected chi connectivity index (χ1v) is 10.6. The number of piperazine rings is 1. The minimum Gasteiger partial charge on any atom is -0.350 e. The number of carbonyl (C=O) groups excluding carboxylic acids is 1. The fraction of sp³-hybridized carbons (Fsp3) is 0.435. The van der Waals surface area contributed by atoms with Gasteiger partial charge in [0.05, 0.1) is 11.1 Å². The Labute approximate surface area is 211 Å². The average Bonchev–Trinajstić information content (AvgIpc) is 3.16. The third-order valence-electron chi connectivity index (χ3n) is 6.37. The molecular weight excluding hydrogens is 519 g/mol. The van der Waals surface area contributed by atoms with Crippen molar-refractivity contribution in [1.82, 2.24) is 15.5 Å². The van der Waals surface area contributed by atoms with E-state index in [9.17, 15) is 31.1 Å². The molecule has 1 amide bonds. The number of benzene rings is 2. The van der Waals surface area contributed by atoms with Crippen molar-refractivity contribution >= 4 is 30.7 Å². The van der Waals surface area contributed by atoms with Crippen LogP contribution in [0.1, 0.15) is 32.6 Å². The highest BCUT2D eigenvalue weighted by Crippen LogP contribution is 2.37. The summed E-state index contributed by atoms with van der Waals surface area (Å²) >= 11 is 0. The van der Waals surface area contributed by atoms with Gasteiger partial charge in [-0.2, -0.15) is 26.3 Å². The van der Waals surface area contributed by atoms with Crippen molar-refractivity contribution in [2.24, 2.45) is 0 Å². The molecule has 194 valence electrons. The van der Waals surface area contributed by atoms with E-state index in [4.69, 9.17) is 0 Å². The Bertz CT molecular complexity index is 981. The number of halogens is 8. The first-order chi connectivity index (χ1) is 15.5. The monoisotopic (exact) mass is 543 g/mol. The van der Waals surface area contributed by atoms with Crippen LogP contribution < -0.4 is 10.6 Å². The first-order valence-electron chi connectivity index (χ1n) is 10.6. The molecule has 35 heavy (non-hydrogen) atoms. The van der Waals surface area contributed by atoms with Crippen molar-refractivity contribution in [1.29, 1.82) is 0 Å². The molecule has 2 aromatic rings. The molecular formula is C23H25Cl2F6N3O. The molecule has 0 atom stereocenters. The van der Waals surface area contributed by atoms with Gasteiger partial charge in [0.1, 0.15) is 0 Å². The Morgan fingerprint density at radius 3 is 1.83 bits per heavy atom. The Kier molecular flexibility index (Phi) is 9.14. The van der Waals surface area contributed by atoms with Crippen LogP contribution in [0, 0.1) is 0 Å². The number of amides is 1. The Morgan fingerprint density at radius 2 is 1.37 bits per heavy atom. The van der Waals surface area contributed by atoms with Crippen molar-refractivity contribution in [3.63, 3.8) is 0 Å². The summed E-state index contributed by atoms with van der Waals surface area (Å²) in [4.78, 5) is 15.0. The topological polar surface area (TPSA) is 44.4 Å². The summed E-state index contributed by atoms with van der Waals surface area (Å²) in [6, 6.07) is 8.80. The van der Waals surface area contributed by atoms with E-state index in [1.54, 1.807) is 0 Å². The summed E-state index contributed by atoms with van der Waals surface area (Å²) in [6.07, 6.45) is -8.74. The highest BCUT2D eigenvalue weighted by Gasteiger charge is 2.43. The molecule has 0 bridgehead atoms. The lowest BCUT2D eigenvalue weighted by atomic mass is 9.91. The SMILES string of the molecule is Cl.Cl.O=C(NCC1(N2CCNCC2)Cc2ccccc2C1)c1cc(C(F)(F)F)cc(C(F)(F)F)c1. The lowest BCUT2D eigenvalue weighted by Gasteiger charge is -2.44. The molecule has 1 fully saturated rings. The van der Waals surface area contributed by atoms with E-state index in [2.05, 4.69) is 15.5 Å². The van der Waals surface area contributed by atoms with E-state index in [1.807, 2.05) is 24.3 Å². The van der Waals surface area contributed by atoms with Crippen molar-refractivity contribution < 1.29 is 31.1 Å². The minimum atomic E-state index is -5.01. The molecule has 4 rings (SSSR count). The highest BCUT2D eigenvalue weighted by molar-refractivity contribution is 5.94. The molecule has 0 saturated carbocycles. The van der Waals surface area contributed by atoms with Gasteiger partial charge in [-0.25, -0.2) is 0 Å². The third kappa shape index (κ3) is 6.41. The van der Waals surface area contributed by atoms with Crippen molar-refractivity contribution in [3.8, 4) is 0 Å². The molecule has 2 aliphatic rings. The van der Waals surface area contributed by atoms with Crippen LogP contribution in [0.3, 0.4) is 0 Å². The van der Waals surface area contributed by atoms with Gasteiger partial charge in [-0.1, -0.05) is 24.3 Å². The van der Waals surface area contributed by atoms with E-state index >= 15 is 0 Å². The summed E-state index contributed by atoms with van der Waals surface area (Å²) in [5, 5.41) is 5.90. The Morgan fingerprint density at radius 1 is 0.886 bits per heavy atom. The molecule has 2 aromatic carbocycles. The summed E-state index contributed by atoms with van der Waals surface area (Å²) in [7, 11) is 0. The molecule has 0 spiro atoms. The second-order valence-corrected chi connectivity index (χ2v) is 8.56. The van der Waals surface area contributed by atoms with Gasteiger partial charge in [0.15, 0.2) is 0 Å². The number of hydrogen-bond donors (Lipinski definition) is 2. The fourth-order valence-electron chi connectivity index (χ4n) is 4.71. The zero-order valence-electron chi connectivity index (χ0n) is 18.4. The molecule has 1 heterocycles. The van der Waals surface area contributed by atoms with Gasteiger partial charge >= 0.3 is 12.4 Å². The maximum Gasteiger partial charge on any atom is 0.416 e. The zero-order chi connectivity index (χ0) is 23.9.